The lowest BCUT2D eigenvalue weighted by molar-refractivity contribution is -0.143. The Morgan fingerprint density at radius 3 is 2.31 bits per heavy atom. The fourth-order valence-electron chi connectivity index (χ4n) is 5.39. The molecule has 5 rings (SSSR count). The molecule has 0 radical (unpaired) electrons. The summed E-state index contributed by atoms with van der Waals surface area (Å²) in [6.07, 6.45) is -8.02. The number of carbonyl (C=O) groups is 1. The van der Waals surface area contributed by atoms with Crippen LogP contribution in [-0.2, 0) is 30.9 Å². The molecule has 1 atom stereocenters. The number of nitrogens with zero attached hydrogens (tertiary/aromatic N) is 4. The summed E-state index contributed by atoms with van der Waals surface area (Å²) in [6, 6.07) is 7.93. The van der Waals surface area contributed by atoms with Crippen LogP contribution >= 0.6 is 0 Å². The molecule has 2 aromatic carbocycles. The number of rotatable bonds is 6. The molecule has 4 N–H and O–H groups in total. The van der Waals surface area contributed by atoms with E-state index in [1.165, 1.54) is 4.90 Å². The number of H-pyrrole nitrogens is 2. The fourth-order valence-corrected chi connectivity index (χ4v) is 5.39. The number of hydrogen-bond acceptors (Lipinski definition) is 5. The molecule has 4 aromatic rings. The second kappa shape index (κ2) is 10.7. The zero-order valence-corrected chi connectivity index (χ0v) is 22.8. The number of nitrogens with two attached hydrogens (primary N) is 1. The first kappa shape index (κ1) is 29.6. The van der Waals surface area contributed by atoms with Gasteiger partial charge in [-0.2, -0.15) is 41.8 Å². The maximum absolute atomic E-state index is 13.7. The number of amides is 1. The molecule has 0 aliphatic carbocycles. The zero-order chi connectivity index (χ0) is 30.4. The van der Waals surface area contributed by atoms with Gasteiger partial charge in [-0.1, -0.05) is 18.2 Å². The number of benzene rings is 2. The Hall–Kier alpha value is -3.91. The molecular weight excluding hydrogens is 564 g/mol. The second-order valence-electron chi connectivity index (χ2n) is 11.1. The topological polar surface area (TPSA) is 107 Å². The predicted molar refractivity (Wildman–Crippen MR) is 142 cm³/mol. The van der Waals surface area contributed by atoms with Gasteiger partial charge in [0.15, 0.2) is 0 Å². The molecular formula is C28H29F6N7O. The second-order valence-corrected chi connectivity index (χ2v) is 11.1. The fraction of sp³-hybridized carbons (Fsp3) is 0.393. The van der Waals surface area contributed by atoms with Gasteiger partial charge < -0.3 is 15.6 Å². The van der Waals surface area contributed by atoms with Crippen LogP contribution in [0.25, 0.3) is 10.9 Å². The number of para-hydroxylation sites is 1. The van der Waals surface area contributed by atoms with Crippen LogP contribution in [0.3, 0.4) is 0 Å². The van der Waals surface area contributed by atoms with Crippen molar-refractivity contribution in [2.24, 2.45) is 5.73 Å². The van der Waals surface area contributed by atoms with Crippen LogP contribution in [0.2, 0.25) is 0 Å². The third kappa shape index (κ3) is 6.14. The van der Waals surface area contributed by atoms with Gasteiger partial charge in [-0.15, -0.1) is 0 Å². The predicted octanol–water partition coefficient (Wildman–Crippen LogP) is 5.09. The SMILES string of the molecule is CC(C)(N)c1n[nH]nc1CN1CCN(C(=O)c2cc(C(F)(F)F)cc(C(F)(F)F)c2)[C@H](Cc2c[nH]c3ccccc23)C1. The standard InChI is InChI=1S/C28H29F6N7O/c1-26(2,35)24-23(37-39-38-24)15-40-7-8-41(20(14-40)11-17-13-36-22-6-4-3-5-21(17)22)25(42)16-9-18(27(29,30)31)12-19(10-16)28(32,33)34/h3-6,9-10,12-13,20,36H,7-8,11,14-15,35H2,1-2H3,(H,37,38,39)/t20-/m1/s1. The number of aromatic nitrogens is 4. The van der Waals surface area contributed by atoms with Gasteiger partial charge in [0.1, 0.15) is 11.4 Å². The Morgan fingerprint density at radius 2 is 1.67 bits per heavy atom. The van der Waals surface area contributed by atoms with Crippen molar-refractivity contribution in [3.8, 4) is 0 Å². The molecule has 2 aromatic heterocycles. The highest BCUT2D eigenvalue weighted by molar-refractivity contribution is 5.95. The molecule has 1 saturated heterocycles. The first-order chi connectivity index (χ1) is 19.6. The molecule has 8 nitrogen and oxygen atoms in total. The highest BCUT2D eigenvalue weighted by Crippen LogP contribution is 2.37. The van der Waals surface area contributed by atoms with Crippen molar-refractivity contribution < 1.29 is 31.1 Å². The van der Waals surface area contributed by atoms with E-state index in [2.05, 4.69) is 20.4 Å². The summed E-state index contributed by atoms with van der Waals surface area (Å²) in [6.45, 7) is 4.57. The Bertz CT molecular complexity index is 1550. The lowest BCUT2D eigenvalue weighted by Crippen LogP contribution is -2.55. The largest absolute Gasteiger partial charge is 0.416 e. The van der Waals surface area contributed by atoms with E-state index in [1.807, 2.05) is 29.2 Å². The van der Waals surface area contributed by atoms with Crippen molar-refractivity contribution in [3.05, 3.63) is 82.3 Å². The van der Waals surface area contributed by atoms with Gasteiger partial charge >= 0.3 is 12.4 Å². The Morgan fingerprint density at radius 1 is 1.00 bits per heavy atom. The maximum atomic E-state index is 13.7. The first-order valence-electron chi connectivity index (χ1n) is 13.2. The Labute approximate surface area is 236 Å². The number of carbonyl (C=O) groups excluding carboxylic acids is 1. The Kier molecular flexibility index (Phi) is 7.56. The van der Waals surface area contributed by atoms with E-state index in [-0.39, 0.29) is 19.2 Å². The number of hydrogen-bond donors (Lipinski definition) is 3. The number of piperazine rings is 1. The van der Waals surface area contributed by atoms with Crippen LogP contribution in [0.15, 0.2) is 48.7 Å². The highest BCUT2D eigenvalue weighted by atomic mass is 19.4. The van der Waals surface area contributed by atoms with E-state index in [0.717, 1.165) is 16.5 Å². The van der Waals surface area contributed by atoms with Crippen LogP contribution in [0.4, 0.5) is 26.3 Å². The van der Waals surface area contributed by atoms with Gasteiger partial charge in [0, 0.05) is 54.9 Å². The number of aromatic amines is 2. The van der Waals surface area contributed by atoms with Gasteiger partial charge in [0.25, 0.3) is 5.91 Å². The van der Waals surface area contributed by atoms with E-state index in [4.69, 9.17) is 5.73 Å². The molecule has 1 aliphatic rings. The molecule has 14 heteroatoms. The molecule has 1 fully saturated rings. The smallest absolute Gasteiger partial charge is 0.361 e. The number of fused-ring (bicyclic) bond motifs is 1. The summed E-state index contributed by atoms with van der Waals surface area (Å²) in [7, 11) is 0. The summed E-state index contributed by atoms with van der Waals surface area (Å²) >= 11 is 0. The van der Waals surface area contributed by atoms with E-state index >= 15 is 0 Å². The van der Waals surface area contributed by atoms with Gasteiger partial charge in [0.05, 0.1) is 16.7 Å². The molecule has 0 saturated carbocycles. The van der Waals surface area contributed by atoms with Crippen molar-refractivity contribution in [2.45, 2.75) is 50.7 Å². The van der Waals surface area contributed by atoms with Crippen LogP contribution in [0, 0.1) is 0 Å². The average molecular weight is 594 g/mol. The zero-order valence-electron chi connectivity index (χ0n) is 22.8. The molecule has 42 heavy (non-hydrogen) atoms. The number of halogens is 6. The van der Waals surface area contributed by atoms with Crippen molar-refractivity contribution in [1.82, 2.24) is 30.2 Å². The summed E-state index contributed by atoms with van der Waals surface area (Å²) in [5.74, 6) is -0.902. The van der Waals surface area contributed by atoms with Crippen molar-refractivity contribution in [1.29, 1.82) is 0 Å². The van der Waals surface area contributed by atoms with Crippen LogP contribution in [-0.4, -0.2) is 61.8 Å². The monoisotopic (exact) mass is 593 g/mol. The summed E-state index contributed by atoms with van der Waals surface area (Å²) in [4.78, 5) is 20.2. The van der Waals surface area contributed by atoms with Crippen LogP contribution in [0.5, 0.6) is 0 Å². The minimum absolute atomic E-state index is 0.0204. The van der Waals surface area contributed by atoms with Gasteiger partial charge in [-0.25, -0.2) is 0 Å². The summed E-state index contributed by atoms with van der Waals surface area (Å²) in [5, 5.41) is 11.9. The third-order valence-electron chi connectivity index (χ3n) is 7.40. The number of nitrogens with one attached hydrogen (secondary N) is 2. The average Bonchev–Trinajstić information content (AvgIpc) is 3.55. The van der Waals surface area contributed by atoms with E-state index in [1.54, 1.807) is 20.0 Å². The van der Waals surface area contributed by atoms with E-state index < -0.39 is 46.5 Å². The molecule has 3 heterocycles. The van der Waals surface area contributed by atoms with Gasteiger partial charge in [-0.05, 0) is 50.1 Å². The lowest BCUT2D eigenvalue weighted by atomic mass is 9.97. The highest BCUT2D eigenvalue weighted by Gasteiger charge is 2.39. The molecule has 1 amide bonds. The Balaban J connectivity index is 1.49. The van der Waals surface area contributed by atoms with E-state index in [0.29, 0.717) is 43.0 Å². The molecule has 224 valence electrons. The van der Waals surface area contributed by atoms with Crippen molar-refractivity contribution in [2.75, 3.05) is 19.6 Å². The lowest BCUT2D eigenvalue weighted by Gasteiger charge is -2.41. The maximum Gasteiger partial charge on any atom is 0.416 e. The normalized spacial score (nSPS) is 17.3. The first-order valence-corrected chi connectivity index (χ1v) is 13.2. The molecule has 0 spiro atoms. The van der Waals surface area contributed by atoms with Crippen LogP contribution < -0.4 is 5.73 Å². The summed E-state index contributed by atoms with van der Waals surface area (Å²) in [5.41, 5.74) is 4.63. The molecule has 0 unspecified atom stereocenters. The minimum Gasteiger partial charge on any atom is -0.361 e. The van der Waals surface area contributed by atoms with Crippen molar-refractivity contribution >= 4 is 16.8 Å². The van der Waals surface area contributed by atoms with Crippen LogP contribution in [0.1, 0.15) is 52.3 Å². The number of alkyl halides is 6. The van der Waals surface area contributed by atoms with E-state index in [9.17, 15) is 31.1 Å². The summed E-state index contributed by atoms with van der Waals surface area (Å²) < 4.78 is 81.3. The molecule has 0 bridgehead atoms. The van der Waals surface area contributed by atoms with Gasteiger partial charge in [-0.3, -0.25) is 9.69 Å². The molecule has 1 aliphatic heterocycles. The van der Waals surface area contributed by atoms with Gasteiger partial charge in [0.2, 0.25) is 0 Å². The minimum atomic E-state index is -5.06. The van der Waals surface area contributed by atoms with Crippen molar-refractivity contribution in [3.63, 3.8) is 0 Å². The third-order valence-corrected chi connectivity index (χ3v) is 7.40. The quantitative estimate of drug-likeness (QED) is 0.270.